The number of rotatable bonds is 7. The van der Waals surface area contributed by atoms with Gasteiger partial charge in [0.1, 0.15) is 0 Å². The molecule has 0 aromatic heterocycles. The van der Waals surface area contributed by atoms with Gasteiger partial charge < -0.3 is 20.1 Å². The van der Waals surface area contributed by atoms with Crippen molar-refractivity contribution in [3.63, 3.8) is 0 Å². The summed E-state index contributed by atoms with van der Waals surface area (Å²) >= 11 is 0. The van der Waals surface area contributed by atoms with Crippen LogP contribution in [0, 0.1) is 6.92 Å². The number of nitrogens with one attached hydrogen (secondary N) is 2. The molecule has 0 unspecified atom stereocenters. The van der Waals surface area contributed by atoms with E-state index in [0.29, 0.717) is 30.2 Å². The minimum Gasteiger partial charge on any atom is -0.493 e. The van der Waals surface area contributed by atoms with Gasteiger partial charge in [0.25, 0.3) is 0 Å². The number of methoxy groups -OCH3 is 2. The second-order valence-corrected chi connectivity index (χ2v) is 5.16. The van der Waals surface area contributed by atoms with Crippen molar-refractivity contribution in [2.45, 2.75) is 13.3 Å². The average Bonchev–Trinajstić information content (AvgIpc) is 2.54. The summed E-state index contributed by atoms with van der Waals surface area (Å²) in [6.45, 7) is 2.61. The van der Waals surface area contributed by atoms with Gasteiger partial charge in [0, 0.05) is 30.4 Å². The van der Waals surface area contributed by atoms with Crippen LogP contribution < -0.4 is 20.1 Å². The molecule has 5 heteroatoms. The topological polar surface area (TPSA) is 59.6 Å². The predicted molar refractivity (Wildman–Crippen MR) is 92.5 cm³/mol. The Kier molecular flexibility index (Phi) is 5.86. The minimum absolute atomic E-state index is 0.0580. The summed E-state index contributed by atoms with van der Waals surface area (Å²) in [4.78, 5) is 12.0. The van der Waals surface area contributed by atoms with E-state index >= 15 is 0 Å². The third-order valence-corrected chi connectivity index (χ3v) is 3.37. The Morgan fingerprint density at radius 3 is 2.48 bits per heavy atom. The quantitative estimate of drug-likeness (QED) is 0.822. The number of benzene rings is 2. The maximum Gasteiger partial charge on any atom is 0.226 e. The normalized spacial score (nSPS) is 10.0. The molecule has 122 valence electrons. The van der Waals surface area contributed by atoms with Crippen molar-refractivity contribution in [3.8, 4) is 11.5 Å². The Balaban J connectivity index is 1.85. The van der Waals surface area contributed by atoms with Crippen molar-refractivity contribution in [3.05, 3.63) is 48.0 Å². The fourth-order valence-electron chi connectivity index (χ4n) is 2.21. The predicted octanol–water partition coefficient (Wildman–Crippen LogP) is 3.45. The second-order valence-electron chi connectivity index (χ2n) is 5.16. The Hall–Kier alpha value is -2.69. The first-order valence-electron chi connectivity index (χ1n) is 7.45. The van der Waals surface area contributed by atoms with Crippen molar-refractivity contribution < 1.29 is 14.3 Å². The maximum atomic E-state index is 12.0. The smallest absolute Gasteiger partial charge is 0.226 e. The van der Waals surface area contributed by atoms with E-state index in [9.17, 15) is 4.79 Å². The van der Waals surface area contributed by atoms with Gasteiger partial charge in [-0.3, -0.25) is 4.79 Å². The zero-order chi connectivity index (χ0) is 16.7. The van der Waals surface area contributed by atoms with E-state index < -0.39 is 0 Å². The molecular formula is C18H22N2O3. The van der Waals surface area contributed by atoms with Crippen molar-refractivity contribution >= 4 is 17.3 Å². The van der Waals surface area contributed by atoms with Crippen LogP contribution in [0.4, 0.5) is 11.4 Å². The molecule has 0 bridgehead atoms. The fourth-order valence-corrected chi connectivity index (χ4v) is 2.21. The van der Waals surface area contributed by atoms with Crippen LogP contribution in [0.3, 0.4) is 0 Å². The van der Waals surface area contributed by atoms with E-state index in [1.54, 1.807) is 32.4 Å². The zero-order valence-electron chi connectivity index (χ0n) is 13.7. The standard InChI is InChI=1S/C18H22N2O3/c1-13-5-4-6-14(11-13)19-10-9-18(21)20-15-7-8-16(22-2)17(12-15)23-3/h4-8,11-12,19H,9-10H2,1-3H3,(H,20,21). The first kappa shape index (κ1) is 16.7. The molecule has 0 aliphatic carbocycles. The van der Waals surface area contributed by atoms with Crippen LogP contribution in [-0.2, 0) is 4.79 Å². The monoisotopic (exact) mass is 314 g/mol. The molecule has 0 saturated carbocycles. The highest BCUT2D eigenvalue weighted by molar-refractivity contribution is 5.91. The van der Waals surface area contributed by atoms with Crippen LogP contribution in [0.25, 0.3) is 0 Å². The van der Waals surface area contributed by atoms with Gasteiger partial charge in [-0.2, -0.15) is 0 Å². The molecule has 0 aliphatic heterocycles. The average molecular weight is 314 g/mol. The van der Waals surface area contributed by atoms with Gasteiger partial charge in [-0.15, -0.1) is 0 Å². The van der Waals surface area contributed by atoms with E-state index in [1.807, 2.05) is 31.2 Å². The molecular weight excluding hydrogens is 292 g/mol. The molecule has 0 atom stereocenters. The Labute approximate surface area is 136 Å². The number of aryl methyl sites for hydroxylation is 1. The highest BCUT2D eigenvalue weighted by Gasteiger charge is 2.07. The lowest BCUT2D eigenvalue weighted by Crippen LogP contribution is -2.16. The van der Waals surface area contributed by atoms with Gasteiger partial charge in [-0.25, -0.2) is 0 Å². The lowest BCUT2D eigenvalue weighted by Gasteiger charge is -2.11. The summed E-state index contributed by atoms with van der Waals surface area (Å²) in [5.41, 5.74) is 2.89. The number of anilines is 2. The van der Waals surface area contributed by atoms with Gasteiger partial charge in [-0.1, -0.05) is 12.1 Å². The Bertz CT molecular complexity index is 671. The summed E-state index contributed by atoms with van der Waals surface area (Å²) in [5.74, 6) is 1.16. The number of hydrogen-bond donors (Lipinski definition) is 2. The lowest BCUT2D eigenvalue weighted by molar-refractivity contribution is -0.115. The highest BCUT2D eigenvalue weighted by atomic mass is 16.5. The zero-order valence-corrected chi connectivity index (χ0v) is 13.7. The molecule has 0 radical (unpaired) electrons. The third kappa shape index (κ3) is 4.92. The molecule has 0 saturated heterocycles. The van der Waals surface area contributed by atoms with Crippen molar-refractivity contribution in [1.82, 2.24) is 0 Å². The van der Waals surface area contributed by atoms with Crippen molar-refractivity contribution in [1.29, 1.82) is 0 Å². The van der Waals surface area contributed by atoms with Gasteiger partial charge >= 0.3 is 0 Å². The summed E-state index contributed by atoms with van der Waals surface area (Å²) in [6, 6.07) is 13.3. The van der Waals surface area contributed by atoms with Crippen LogP contribution in [0.1, 0.15) is 12.0 Å². The Morgan fingerprint density at radius 2 is 1.78 bits per heavy atom. The molecule has 2 aromatic rings. The molecule has 2 N–H and O–H groups in total. The number of carbonyl (C=O) groups excluding carboxylic acids is 1. The molecule has 2 aromatic carbocycles. The van der Waals surface area contributed by atoms with Crippen LogP contribution in [-0.4, -0.2) is 26.7 Å². The third-order valence-electron chi connectivity index (χ3n) is 3.37. The first-order valence-corrected chi connectivity index (χ1v) is 7.45. The molecule has 0 heterocycles. The molecule has 23 heavy (non-hydrogen) atoms. The molecule has 2 rings (SSSR count). The van der Waals surface area contributed by atoms with Crippen LogP contribution in [0.2, 0.25) is 0 Å². The first-order chi connectivity index (χ1) is 11.1. The number of amides is 1. The molecule has 0 fully saturated rings. The number of hydrogen-bond acceptors (Lipinski definition) is 4. The van der Waals surface area contributed by atoms with E-state index in [1.165, 1.54) is 5.56 Å². The van der Waals surface area contributed by atoms with Gasteiger partial charge in [0.2, 0.25) is 5.91 Å². The van der Waals surface area contributed by atoms with E-state index in [4.69, 9.17) is 9.47 Å². The van der Waals surface area contributed by atoms with E-state index in [-0.39, 0.29) is 5.91 Å². The second kappa shape index (κ2) is 8.08. The SMILES string of the molecule is COc1ccc(NC(=O)CCNc2cccc(C)c2)cc1OC. The molecule has 1 amide bonds. The highest BCUT2D eigenvalue weighted by Crippen LogP contribution is 2.29. The van der Waals surface area contributed by atoms with Crippen LogP contribution in [0.15, 0.2) is 42.5 Å². The molecule has 0 spiro atoms. The van der Waals surface area contributed by atoms with E-state index in [0.717, 1.165) is 5.69 Å². The van der Waals surface area contributed by atoms with Crippen molar-refractivity contribution in [2.75, 3.05) is 31.4 Å². The van der Waals surface area contributed by atoms with Gasteiger partial charge in [0.05, 0.1) is 14.2 Å². The van der Waals surface area contributed by atoms with Gasteiger partial charge in [-0.05, 0) is 36.8 Å². The fraction of sp³-hybridized carbons (Fsp3) is 0.278. The number of ether oxygens (including phenoxy) is 2. The molecule has 0 aliphatic rings. The van der Waals surface area contributed by atoms with Gasteiger partial charge in [0.15, 0.2) is 11.5 Å². The molecule has 5 nitrogen and oxygen atoms in total. The van der Waals surface area contributed by atoms with E-state index in [2.05, 4.69) is 10.6 Å². The summed E-state index contributed by atoms with van der Waals surface area (Å²) in [7, 11) is 3.14. The number of carbonyl (C=O) groups is 1. The maximum absolute atomic E-state index is 12.0. The van der Waals surface area contributed by atoms with Crippen molar-refractivity contribution in [2.24, 2.45) is 0 Å². The largest absolute Gasteiger partial charge is 0.493 e. The minimum atomic E-state index is -0.0580. The van der Waals surface area contributed by atoms with Crippen LogP contribution in [0.5, 0.6) is 11.5 Å². The summed E-state index contributed by atoms with van der Waals surface area (Å²) in [5, 5.41) is 6.09. The lowest BCUT2D eigenvalue weighted by atomic mass is 10.2. The van der Waals surface area contributed by atoms with Crippen LogP contribution >= 0.6 is 0 Å². The summed E-state index contributed by atoms with van der Waals surface area (Å²) < 4.78 is 10.4. The summed E-state index contributed by atoms with van der Waals surface area (Å²) in [6.07, 6.45) is 0.377. The Morgan fingerprint density at radius 1 is 1.00 bits per heavy atom.